The van der Waals surface area contributed by atoms with Crippen LogP contribution in [0.1, 0.15) is 49.3 Å². The summed E-state index contributed by atoms with van der Waals surface area (Å²) >= 11 is 1.35. The Bertz CT molecular complexity index is 1060. The van der Waals surface area contributed by atoms with Gasteiger partial charge in [0.15, 0.2) is 5.13 Å². The molecule has 0 saturated heterocycles. The second kappa shape index (κ2) is 10.9. The zero-order valence-electron chi connectivity index (χ0n) is 19.0. The summed E-state index contributed by atoms with van der Waals surface area (Å²) < 4.78 is 5.46. The Morgan fingerprint density at radius 1 is 1.00 bits per heavy atom. The Morgan fingerprint density at radius 2 is 1.69 bits per heavy atom. The topological polar surface area (TPSA) is 62.7 Å². The Balaban J connectivity index is 1.69. The maximum Gasteiger partial charge on any atom is 0.338 e. The molecule has 0 N–H and O–H groups in total. The molecule has 0 aliphatic carbocycles. The molecule has 3 aromatic rings. The lowest BCUT2D eigenvalue weighted by Gasteiger charge is -2.21. The Labute approximate surface area is 193 Å². The van der Waals surface area contributed by atoms with Crippen molar-refractivity contribution in [3.8, 4) is 0 Å². The quantitative estimate of drug-likeness (QED) is 0.397. The fraction of sp³-hybridized carbons (Fsp3) is 0.320. The Kier molecular flexibility index (Phi) is 8.00. The van der Waals surface area contributed by atoms with E-state index in [0.717, 1.165) is 36.4 Å². The van der Waals surface area contributed by atoms with Crippen LogP contribution in [-0.2, 0) is 22.6 Å². The molecule has 0 aliphatic rings. The number of ether oxygens (including phenoxy) is 1. The summed E-state index contributed by atoms with van der Waals surface area (Å²) in [4.78, 5) is 33.2. The van der Waals surface area contributed by atoms with Gasteiger partial charge in [-0.25, -0.2) is 9.78 Å². The molecule has 168 valence electrons. The number of rotatable bonds is 9. The minimum absolute atomic E-state index is 0.0499. The van der Waals surface area contributed by atoms with Gasteiger partial charge in [0.2, 0.25) is 5.91 Å². The minimum Gasteiger partial charge on any atom is -0.456 e. The van der Waals surface area contributed by atoms with Crippen LogP contribution in [0, 0.1) is 0 Å². The number of para-hydroxylation sites is 1. The van der Waals surface area contributed by atoms with Gasteiger partial charge in [0.1, 0.15) is 6.61 Å². The molecule has 7 heteroatoms. The molecule has 0 aliphatic heterocycles. The minimum atomic E-state index is -0.398. The van der Waals surface area contributed by atoms with E-state index in [2.05, 4.69) is 30.7 Å². The highest BCUT2D eigenvalue weighted by Crippen LogP contribution is 2.32. The van der Waals surface area contributed by atoms with Crippen LogP contribution in [-0.4, -0.2) is 29.9 Å². The van der Waals surface area contributed by atoms with E-state index in [-0.39, 0.29) is 12.5 Å². The zero-order valence-corrected chi connectivity index (χ0v) is 19.8. The molecule has 1 amide bonds. The summed E-state index contributed by atoms with van der Waals surface area (Å²) in [5.41, 5.74) is 4.08. The molecule has 0 saturated carbocycles. The number of carbonyl (C=O) groups excluding carboxylic acids is 2. The molecule has 0 spiro atoms. The molecule has 0 radical (unpaired) electrons. The highest BCUT2D eigenvalue weighted by Gasteiger charge is 2.20. The maximum atomic E-state index is 12.5. The van der Waals surface area contributed by atoms with Crippen molar-refractivity contribution in [2.45, 2.75) is 40.7 Å². The number of amides is 1. The third-order valence-corrected chi connectivity index (χ3v) is 6.12. The maximum absolute atomic E-state index is 12.5. The number of carbonyl (C=O) groups is 2. The lowest BCUT2D eigenvalue weighted by atomic mass is 10.1. The van der Waals surface area contributed by atoms with E-state index in [1.165, 1.54) is 18.3 Å². The predicted molar refractivity (Wildman–Crippen MR) is 130 cm³/mol. The van der Waals surface area contributed by atoms with Gasteiger partial charge in [-0.2, -0.15) is 0 Å². The SMILES string of the molecule is CCc1ccccc1N(C(C)=O)c1nc(COC(=O)c2ccc(N(CC)CC)cc2)cs1. The van der Waals surface area contributed by atoms with Gasteiger partial charge in [-0.15, -0.1) is 11.3 Å². The first-order valence-electron chi connectivity index (χ1n) is 10.8. The van der Waals surface area contributed by atoms with Crippen LogP contribution < -0.4 is 9.80 Å². The smallest absolute Gasteiger partial charge is 0.338 e. The van der Waals surface area contributed by atoms with Gasteiger partial charge in [0.25, 0.3) is 0 Å². The molecule has 3 rings (SSSR count). The Morgan fingerprint density at radius 3 is 2.31 bits per heavy atom. The van der Waals surface area contributed by atoms with Gasteiger partial charge < -0.3 is 9.64 Å². The van der Waals surface area contributed by atoms with Crippen molar-refractivity contribution in [1.82, 2.24) is 4.98 Å². The number of hydrogen-bond acceptors (Lipinski definition) is 6. The van der Waals surface area contributed by atoms with Crippen LogP contribution in [0.3, 0.4) is 0 Å². The van der Waals surface area contributed by atoms with E-state index in [1.54, 1.807) is 17.0 Å². The van der Waals surface area contributed by atoms with Crippen molar-refractivity contribution in [1.29, 1.82) is 0 Å². The largest absolute Gasteiger partial charge is 0.456 e. The van der Waals surface area contributed by atoms with Crippen LogP contribution >= 0.6 is 11.3 Å². The van der Waals surface area contributed by atoms with Crippen molar-refractivity contribution in [2.75, 3.05) is 22.9 Å². The standard InChI is InChI=1S/C25H29N3O3S/c1-5-19-10-8-9-11-23(19)28(18(4)29)25-26-21(17-32-25)16-31-24(30)20-12-14-22(15-13-20)27(6-2)7-3/h8-15,17H,5-7,16H2,1-4H3. The Hall–Kier alpha value is -3.19. The number of aromatic nitrogens is 1. The average Bonchev–Trinajstić information content (AvgIpc) is 3.27. The first-order chi connectivity index (χ1) is 15.5. The number of thiazole rings is 1. The molecule has 0 unspecified atom stereocenters. The second-order valence-electron chi connectivity index (χ2n) is 7.25. The molecule has 0 fully saturated rings. The van der Waals surface area contributed by atoms with Crippen molar-refractivity contribution < 1.29 is 14.3 Å². The molecular formula is C25H29N3O3S. The molecule has 6 nitrogen and oxygen atoms in total. The summed E-state index contributed by atoms with van der Waals surface area (Å²) in [6.07, 6.45) is 0.808. The highest BCUT2D eigenvalue weighted by atomic mass is 32.1. The summed E-state index contributed by atoms with van der Waals surface area (Å²) in [5.74, 6) is -0.512. The number of esters is 1. The van der Waals surface area contributed by atoms with Crippen molar-refractivity contribution in [3.05, 3.63) is 70.7 Å². The average molecular weight is 452 g/mol. The highest BCUT2D eigenvalue weighted by molar-refractivity contribution is 7.14. The summed E-state index contributed by atoms with van der Waals surface area (Å²) in [7, 11) is 0. The fourth-order valence-corrected chi connectivity index (χ4v) is 4.38. The number of benzene rings is 2. The number of aryl methyl sites for hydroxylation is 1. The van der Waals surface area contributed by atoms with Crippen LogP contribution in [0.2, 0.25) is 0 Å². The van der Waals surface area contributed by atoms with Crippen molar-refractivity contribution >= 4 is 39.7 Å². The normalized spacial score (nSPS) is 10.6. The molecule has 1 aromatic heterocycles. The van der Waals surface area contributed by atoms with E-state index in [4.69, 9.17) is 4.74 Å². The van der Waals surface area contributed by atoms with E-state index < -0.39 is 5.97 Å². The van der Waals surface area contributed by atoms with Crippen LogP contribution in [0.4, 0.5) is 16.5 Å². The van der Waals surface area contributed by atoms with Crippen LogP contribution in [0.15, 0.2) is 53.9 Å². The second-order valence-corrected chi connectivity index (χ2v) is 8.09. The third-order valence-electron chi connectivity index (χ3n) is 5.24. The summed E-state index contributed by atoms with van der Waals surface area (Å²) in [6, 6.07) is 15.2. The van der Waals surface area contributed by atoms with E-state index >= 15 is 0 Å². The van der Waals surface area contributed by atoms with Crippen LogP contribution in [0.5, 0.6) is 0 Å². The first kappa shape index (κ1) is 23.5. The van der Waals surface area contributed by atoms with E-state index in [1.807, 2.05) is 41.8 Å². The van der Waals surface area contributed by atoms with Gasteiger partial charge in [-0.3, -0.25) is 9.69 Å². The molecule has 32 heavy (non-hydrogen) atoms. The zero-order chi connectivity index (χ0) is 23.1. The van der Waals surface area contributed by atoms with E-state index in [0.29, 0.717) is 16.4 Å². The number of hydrogen-bond donors (Lipinski definition) is 0. The van der Waals surface area contributed by atoms with Gasteiger partial charge in [-0.1, -0.05) is 25.1 Å². The lowest BCUT2D eigenvalue weighted by Crippen LogP contribution is -2.23. The van der Waals surface area contributed by atoms with Gasteiger partial charge in [0, 0.05) is 31.1 Å². The summed E-state index contributed by atoms with van der Waals surface area (Å²) in [6.45, 7) is 9.64. The van der Waals surface area contributed by atoms with Gasteiger partial charge in [0.05, 0.1) is 16.9 Å². The fourth-order valence-electron chi connectivity index (χ4n) is 3.52. The first-order valence-corrected chi connectivity index (χ1v) is 11.7. The van der Waals surface area contributed by atoms with Crippen molar-refractivity contribution in [2.24, 2.45) is 0 Å². The number of anilines is 3. The van der Waals surface area contributed by atoms with Gasteiger partial charge in [-0.05, 0) is 56.2 Å². The number of nitrogens with zero attached hydrogens (tertiary/aromatic N) is 3. The molecule has 0 bridgehead atoms. The van der Waals surface area contributed by atoms with Crippen LogP contribution in [0.25, 0.3) is 0 Å². The lowest BCUT2D eigenvalue weighted by molar-refractivity contribution is -0.115. The molecular weight excluding hydrogens is 422 g/mol. The molecule has 1 heterocycles. The van der Waals surface area contributed by atoms with Gasteiger partial charge >= 0.3 is 5.97 Å². The third kappa shape index (κ3) is 5.34. The van der Waals surface area contributed by atoms with E-state index in [9.17, 15) is 9.59 Å². The molecule has 0 atom stereocenters. The monoisotopic (exact) mass is 451 g/mol. The predicted octanol–water partition coefficient (Wildman–Crippen LogP) is 5.59. The molecule has 2 aromatic carbocycles. The summed E-state index contributed by atoms with van der Waals surface area (Å²) in [5, 5.41) is 2.38. The van der Waals surface area contributed by atoms with Crippen molar-refractivity contribution in [3.63, 3.8) is 0 Å².